The number of benzene rings is 1. The maximum Gasteiger partial charge on any atom is 0.286 e. The molecule has 0 aliphatic carbocycles. The van der Waals surface area contributed by atoms with Crippen LogP contribution < -0.4 is 9.47 Å². The van der Waals surface area contributed by atoms with E-state index >= 15 is 0 Å². The number of alkyl halides is 1. The molecule has 8 nitrogen and oxygen atoms in total. The van der Waals surface area contributed by atoms with Crippen molar-refractivity contribution in [2.45, 2.75) is 89.5 Å². The number of amides is 1. The van der Waals surface area contributed by atoms with Gasteiger partial charge in [0.1, 0.15) is 11.0 Å². The Labute approximate surface area is 234 Å². The fourth-order valence-electron chi connectivity index (χ4n) is 4.66. The minimum absolute atomic E-state index is 0.0257. The van der Waals surface area contributed by atoms with E-state index in [0.717, 1.165) is 43.2 Å². The van der Waals surface area contributed by atoms with E-state index in [1.807, 2.05) is 6.92 Å². The Morgan fingerprint density at radius 1 is 1.14 bits per heavy atom. The lowest BCUT2D eigenvalue weighted by Crippen LogP contribution is -2.43. The highest BCUT2D eigenvalue weighted by molar-refractivity contribution is 9.09. The zero-order valence-electron chi connectivity index (χ0n) is 22.5. The molecule has 0 saturated carbocycles. The number of nitrogens with zero attached hydrogens (tertiary/aromatic N) is 2. The first-order valence-corrected chi connectivity index (χ1v) is 15.7. The first-order valence-electron chi connectivity index (χ1n) is 13.6. The second kappa shape index (κ2) is 17.9. The molecule has 1 unspecified atom stereocenters. The zero-order valence-corrected chi connectivity index (χ0v) is 24.9. The third-order valence-corrected chi connectivity index (χ3v) is 8.20. The van der Waals surface area contributed by atoms with Gasteiger partial charge in [-0.05, 0) is 38.4 Å². The zero-order chi connectivity index (χ0) is 27.0. The summed E-state index contributed by atoms with van der Waals surface area (Å²) in [5, 5.41) is 13.0. The Kier molecular flexibility index (Phi) is 15.3. The van der Waals surface area contributed by atoms with Crippen molar-refractivity contribution >= 4 is 39.3 Å². The number of carbonyl (C=O) groups excluding carboxylic acids is 1. The van der Waals surface area contributed by atoms with Crippen LogP contribution in [0.25, 0.3) is 0 Å². The molecule has 0 radical (unpaired) electrons. The lowest BCUT2D eigenvalue weighted by atomic mass is 10.1. The number of thioether (sulfide) groups is 1. The molecular weight excluding hydrogens is 560 g/mol. The maximum absolute atomic E-state index is 13.6. The normalized spacial score (nSPS) is 16.1. The summed E-state index contributed by atoms with van der Waals surface area (Å²) < 4.78 is 17.3. The van der Waals surface area contributed by atoms with Gasteiger partial charge < -0.3 is 19.1 Å². The van der Waals surface area contributed by atoms with Gasteiger partial charge in [-0.3, -0.25) is 14.9 Å². The van der Waals surface area contributed by atoms with Crippen LogP contribution in [0.2, 0.25) is 0 Å². The summed E-state index contributed by atoms with van der Waals surface area (Å²) in [5.74, 6) is 1.13. The highest BCUT2D eigenvalue weighted by Gasteiger charge is 2.38. The average molecular weight is 604 g/mol. The summed E-state index contributed by atoms with van der Waals surface area (Å²) >= 11 is 5.12. The number of halogens is 1. The van der Waals surface area contributed by atoms with Gasteiger partial charge in [-0.15, -0.1) is 11.8 Å². The van der Waals surface area contributed by atoms with Crippen LogP contribution >= 0.6 is 27.7 Å². The molecule has 0 N–H and O–H groups in total. The molecule has 2 atom stereocenters. The number of ether oxygens (including phenoxy) is 3. The largest absolute Gasteiger partial charge is 0.493 e. The van der Waals surface area contributed by atoms with E-state index in [1.165, 1.54) is 51.3 Å². The molecule has 2 rings (SSSR count). The highest BCUT2D eigenvalue weighted by atomic mass is 79.9. The molecular formula is C27H43BrN2O6S. The number of hydrogen-bond donors (Lipinski definition) is 0. The first kappa shape index (κ1) is 31.7. The smallest absolute Gasteiger partial charge is 0.286 e. The quantitative estimate of drug-likeness (QED) is 0.0542. The van der Waals surface area contributed by atoms with Gasteiger partial charge in [-0.2, -0.15) is 0 Å². The number of likely N-dealkylation sites (tertiary alicyclic amines) is 1. The molecule has 1 heterocycles. The minimum Gasteiger partial charge on any atom is -0.493 e. The van der Waals surface area contributed by atoms with Crippen LogP contribution in [0.15, 0.2) is 12.1 Å². The van der Waals surface area contributed by atoms with Gasteiger partial charge in [0.05, 0.1) is 30.7 Å². The molecule has 0 bridgehead atoms. The van der Waals surface area contributed by atoms with Gasteiger partial charge in [0, 0.05) is 24.5 Å². The van der Waals surface area contributed by atoms with Gasteiger partial charge in [-0.25, -0.2) is 0 Å². The molecule has 37 heavy (non-hydrogen) atoms. The molecule has 1 amide bonds. The Balaban J connectivity index is 2.05. The van der Waals surface area contributed by atoms with Crippen molar-refractivity contribution < 1.29 is 23.9 Å². The summed E-state index contributed by atoms with van der Waals surface area (Å²) in [6.45, 7) is 5.54. The van der Waals surface area contributed by atoms with Gasteiger partial charge in [-0.1, -0.05) is 61.4 Å². The predicted octanol–water partition coefficient (Wildman–Crippen LogP) is 7.22. The summed E-state index contributed by atoms with van der Waals surface area (Å²) in [4.78, 5) is 26.8. The lowest BCUT2D eigenvalue weighted by Gasteiger charge is -2.31. The molecule has 1 aromatic carbocycles. The topological polar surface area (TPSA) is 91.1 Å². The number of unbranched alkanes of at least 4 members (excludes halogenated alkanes) is 7. The Hall–Kier alpha value is -1.52. The lowest BCUT2D eigenvalue weighted by molar-refractivity contribution is -0.385. The van der Waals surface area contributed by atoms with E-state index in [-0.39, 0.29) is 28.6 Å². The van der Waals surface area contributed by atoms with Crippen LogP contribution in [-0.2, 0) is 4.74 Å². The van der Waals surface area contributed by atoms with Crippen molar-refractivity contribution in [2.24, 2.45) is 0 Å². The van der Waals surface area contributed by atoms with Gasteiger partial charge in [0.2, 0.25) is 0 Å². The van der Waals surface area contributed by atoms with Gasteiger partial charge in [0.25, 0.3) is 11.6 Å². The Morgan fingerprint density at radius 2 is 1.81 bits per heavy atom. The first-order chi connectivity index (χ1) is 18.0. The van der Waals surface area contributed by atoms with Crippen molar-refractivity contribution in [3.8, 4) is 11.5 Å². The van der Waals surface area contributed by atoms with Crippen LogP contribution in [0.5, 0.6) is 11.5 Å². The summed E-state index contributed by atoms with van der Waals surface area (Å²) in [6.07, 6.45) is 11.0. The average Bonchev–Trinajstić information content (AvgIpc) is 3.38. The Bertz CT molecular complexity index is 837. The molecule has 1 saturated heterocycles. The number of rotatable bonds is 19. The fraction of sp³-hybridized carbons (Fsp3) is 0.741. The Morgan fingerprint density at radius 3 is 2.41 bits per heavy atom. The van der Waals surface area contributed by atoms with Crippen LogP contribution in [-0.4, -0.2) is 65.2 Å². The van der Waals surface area contributed by atoms with Crippen molar-refractivity contribution in [1.29, 1.82) is 0 Å². The molecule has 1 aromatic rings. The summed E-state index contributed by atoms with van der Waals surface area (Å²) in [5.41, 5.74) is -0.386. The van der Waals surface area contributed by atoms with Gasteiger partial charge >= 0.3 is 0 Å². The van der Waals surface area contributed by atoms with Crippen molar-refractivity contribution in [2.75, 3.05) is 38.0 Å². The van der Waals surface area contributed by atoms with E-state index in [9.17, 15) is 14.9 Å². The molecule has 1 aliphatic rings. The molecule has 1 fully saturated rings. The number of carbonyl (C=O) groups is 1. The molecule has 1 aliphatic heterocycles. The van der Waals surface area contributed by atoms with E-state index in [1.54, 1.807) is 16.7 Å². The third kappa shape index (κ3) is 9.94. The number of methoxy groups -OCH3 is 1. The predicted molar refractivity (Wildman–Crippen MR) is 153 cm³/mol. The van der Waals surface area contributed by atoms with E-state index in [2.05, 4.69) is 22.9 Å². The second-order valence-electron chi connectivity index (χ2n) is 9.13. The van der Waals surface area contributed by atoms with Crippen LogP contribution in [0.1, 0.15) is 88.4 Å². The molecule has 210 valence electrons. The SMILES string of the molecule is CCOC(SCC)[C@@H]1CCCN1C(=O)c1cc(OC)c(OCCCCCCCCCCBr)cc1[N+](=O)[O-]. The van der Waals surface area contributed by atoms with E-state index < -0.39 is 4.92 Å². The summed E-state index contributed by atoms with van der Waals surface area (Å²) in [7, 11) is 1.49. The van der Waals surface area contributed by atoms with Crippen molar-refractivity contribution in [3.63, 3.8) is 0 Å². The molecule has 10 heteroatoms. The maximum atomic E-state index is 13.6. The number of hydrogen-bond acceptors (Lipinski definition) is 7. The number of nitro groups is 1. The monoisotopic (exact) mass is 602 g/mol. The van der Waals surface area contributed by atoms with Crippen LogP contribution in [0, 0.1) is 10.1 Å². The van der Waals surface area contributed by atoms with Crippen LogP contribution in [0.3, 0.4) is 0 Å². The van der Waals surface area contributed by atoms with E-state index in [4.69, 9.17) is 14.2 Å². The fourth-order valence-corrected chi connectivity index (χ4v) is 6.13. The third-order valence-electron chi connectivity index (χ3n) is 6.53. The minimum atomic E-state index is -0.513. The number of nitro benzene ring substituents is 1. The van der Waals surface area contributed by atoms with Gasteiger partial charge in [0.15, 0.2) is 11.5 Å². The van der Waals surface area contributed by atoms with Crippen molar-refractivity contribution in [3.05, 3.63) is 27.8 Å². The van der Waals surface area contributed by atoms with E-state index in [0.29, 0.717) is 31.3 Å². The molecule has 0 spiro atoms. The molecule has 0 aromatic heterocycles. The second-order valence-corrected chi connectivity index (χ2v) is 11.3. The highest BCUT2D eigenvalue weighted by Crippen LogP contribution is 2.37. The van der Waals surface area contributed by atoms with Crippen LogP contribution in [0.4, 0.5) is 5.69 Å². The standard InChI is InChI=1S/C27H43BrN2O6S/c1-4-35-27(37-5-2)22-15-14-17-29(22)26(31)21-19-24(34-3)25(20-23(21)30(32)33)36-18-13-11-9-7-6-8-10-12-16-28/h19-20,22,27H,4-18H2,1-3H3/t22-,27?/m0/s1. The van der Waals surface area contributed by atoms with Crippen molar-refractivity contribution in [1.82, 2.24) is 4.90 Å². The summed E-state index contributed by atoms with van der Waals surface area (Å²) in [6, 6.07) is 2.67.